The van der Waals surface area contributed by atoms with Crippen LogP contribution in [-0.4, -0.2) is 15.9 Å². The van der Waals surface area contributed by atoms with Crippen molar-refractivity contribution in [3.63, 3.8) is 0 Å². The molecule has 1 aliphatic carbocycles. The minimum atomic E-state index is -0.201. The van der Waals surface area contributed by atoms with Crippen LogP contribution in [0, 0.1) is 0 Å². The third-order valence-corrected chi connectivity index (χ3v) is 8.00. The Bertz CT molecular complexity index is 1530. The Morgan fingerprint density at radius 3 is 2.51 bits per heavy atom. The van der Waals surface area contributed by atoms with Gasteiger partial charge in [0, 0.05) is 26.0 Å². The fraction of sp³-hybridized carbons (Fsp3) is 0.250. The van der Waals surface area contributed by atoms with E-state index in [0.29, 0.717) is 49.2 Å². The second-order valence-electron chi connectivity index (χ2n) is 9.05. The highest BCUT2D eigenvalue weighted by Gasteiger charge is 2.22. The molecule has 1 aliphatic rings. The Balaban J connectivity index is 1.56. The second kappa shape index (κ2) is 11.7. The van der Waals surface area contributed by atoms with Crippen molar-refractivity contribution in [2.24, 2.45) is 5.10 Å². The minimum Gasteiger partial charge on any atom is -0.487 e. The summed E-state index contributed by atoms with van der Waals surface area (Å²) in [5.74, 6) is 1.45. The minimum absolute atomic E-state index is 0.179. The molecule has 190 valence electrons. The van der Waals surface area contributed by atoms with Crippen LogP contribution in [0.15, 0.2) is 73.4 Å². The first kappa shape index (κ1) is 26.4. The van der Waals surface area contributed by atoms with E-state index in [1.807, 2.05) is 36.4 Å². The quantitative estimate of drug-likeness (QED) is 0.194. The third kappa shape index (κ3) is 6.11. The molecule has 1 fully saturated rings. The number of nitrogens with zero attached hydrogens (tertiary/aromatic N) is 3. The van der Waals surface area contributed by atoms with E-state index >= 15 is 0 Å². The lowest BCUT2D eigenvalue weighted by Crippen LogP contribution is -2.25. The van der Waals surface area contributed by atoms with Gasteiger partial charge in [-0.15, -0.1) is 0 Å². The molecule has 1 aromatic heterocycles. The summed E-state index contributed by atoms with van der Waals surface area (Å²) in [4.78, 5) is 18.5. The molecule has 0 radical (unpaired) electrons. The number of rotatable bonds is 6. The second-order valence-corrected chi connectivity index (χ2v) is 11.7. The maximum Gasteiger partial charge on any atom is 0.282 e. The molecular formula is C28H23Br2Cl2N3O2. The molecule has 5 nitrogen and oxygen atoms in total. The largest absolute Gasteiger partial charge is 0.487 e. The van der Waals surface area contributed by atoms with Gasteiger partial charge in [0.05, 0.1) is 21.6 Å². The molecule has 0 saturated heterocycles. The predicted molar refractivity (Wildman–Crippen MR) is 157 cm³/mol. The van der Waals surface area contributed by atoms with E-state index in [2.05, 4.69) is 37.0 Å². The molecule has 0 unspecified atom stereocenters. The van der Waals surface area contributed by atoms with E-state index in [1.54, 1.807) is 24.4 Å². The summed E-state index contributed by atoms with van der Waals surface area (Å²) >= 11 is 19.4. The van der Waals surface area contributed by atoms with Crippen LogP contribution >= 0.6 is 55.1 Å². The first-order chi connectivity index (χ1) is 17.9. The number of fused-ring (bicyclic) bond motifs is 1. The standard InChI is InChI=1S/C28H23Br2Cl2N3O2/c29-20-8-11-25-23(13-20)28(36)35(27(34-25)18-4-2-1-3-5-18)33-15-19-12-22(32)14-24(30)26(19)37-16-17-6-9-21(31)10-7-17/h6-15,18H,1-5,16H2. The van der Waals surface area contributed by atoms with Gasteiger partial charge in [0.25, 0.3) is 5.56 Å². The van der Waals surface area contributed by atoms with Crippen LogP contribution in [0.3, 0.4) is 0 Å². The maximum absolute atomic E-state index is 13.6. The van der Waals surface area contributed by atoms with Gasteiger partial charge in [0.1, 0.15) is 18.2 Å². The van der Waals surface area contributed by atoms with Crippen LogP contribution in [0.4, 0.5) is 0 Å². The van der Waals surface area contributed by atoms with Crippen LogP contribution in [-0.2, 0) is 6.61 Å². The van der Waals surface area contributed by atoms with E-state index in [4.69, 9.17) is 32.9 Å². The lowest BCUT2D eigenvalue weighted by atomic mass is 9.88. The van der Waals surface area contributed by atoms with E-state index in [-0.39, 0.29) is 11.5 Å². The lowest BCUT2D eigenvalue weighted by Gasteiger charge is -2.22. The maximum atomic E-state index is 13.6. The summed E-state index contributed by atoms with van der Waals surface area (Å²) < 4.78 is 9.10. The molecule has 0 aliphatic heterocycles. The third-order valence-electron chi connectivity index (χ3n) is 6.45. The number of ether oxygens (including phenoxy) is 1. The average Bonchev–Trinajstić information content (AvgIpc) is 2.89. The van der Waals surface area contributed by atoms with Crippen molar-refractivity contribution < 1.29 is 4.74 Å². The number of halogens is 4. The molecule has 0 spiro atoms. The van der Waals surface area contributed by atoms with E-state index in [1.165, 1.54) is 11.1 Å². The zero-order chi connectivity index (χ0) is 25.9. The Morgan fingerprint density at radius 1 is 1.00 bits per heavy atom. The molecule has 0 bridgehead atoms. The van der Waals surface area contributed by atoms with Gasteiger partial charge in [-0.1, -0.05) is 70.5 Å². The number of hydrogen-bond acceptors (Lipinski definition) is 4. The SMILES string of the molecule is O=c1c2cc(Br)ccc2nc(C2CCCCC2)n1N=Cc1cc(Cl)cc(Br)c1OCc1ccc(Cl)cc1. The summed E-state index contributed by atoms with van der Waals surface area (Å²) in [5, 5.41) is 6.36. The van der Waals surface area contributed by atoms with Crippen molar-refractivity contribution in [1.82, 2.24) is 9.66 Å². The summed E-state index contributed by atoms with van der Waals surface area (Å²) in [6, 6.07) is 16.6. The molecule has 1 saturated carbocycles. The van der Waals surface area contributed by atoms with Gasteiger partial charge in [-0.2, -0.15) is 9.78 Å². The van der Waals surface area contributed by atoms with Crippen LogP contribution in [0.2, 0.25) is 10.0 Å². The molecule has 4 aromatic rings. The molecule has 5 rings (SSSR count). The highest BCUT2D eigenvalue weighted by molar-refractivity contribution is 9.10. The first-order valence-electron chi connectivity index (χ1n) is 12.0. The van der Waals surface area contributed by atoms with E-state index in [0.717, 1.165) is 35.7 Å². The zero-order valence-corrected chi connectivity index (χ0v) is 24.4. The van der Waals surface area contributed by atoms with Crippen molar-refractivity contribution >= 4 is 72.2 Å². The molecule has 1 heterocycles. The fourth-order valence-corrected chi connectivity index (χ4v) is 6.02. The molecule has 3 aromatic carbocycles. The van der Waals surface area contributed by atoms with Crippen LogP contribution < -0.4 is 10.3 Å². The number of benzene rings is 3. The van der Waals surface area contributed by atoms with Crippen molar-refractivity contribution in [3.8, 4) is 5.75 Å². The molecule has 37 heavy (non-hydrogen) atoms. The fourth-order valence-electron chi connectivity index (χ4n) is 4.59. The van der Waals surface area contributed by atoms with Crippen molar-refractivity contribution in [3.05, 3.63) is 101 Å². The Labute approximate surface area is 241 Å². The molecule has 9 heteroatoms. The average molecular weight is 664 g/mol. The molecule has 0 amide bonds. The summed E-state index contributed by atoms with van der Waals surface area (Å²) in [6.45, 7) is 0.330. The van der Waals surface area contributed by atoms with Crippen LogP contribution in [0.5, 0.6) is 5.75 Å². The van der Waals surface area contributed by atoms with Gasteiger partial charge in [-0.3, -0.25) is 4.79 Å². The van der Waals surface area contributed by atoms with Gasteiger partial charge >= 0.3 is 0 Å². The topological polar surface area (TPSA) is 56.5 Å². The van der Waals surface area contributed by atoms with Gasteiger partial charge in [0.2, 0.25) is 0 Å². The van der Waals surface area contributed by atoms with Crippen molar-refractivity contribution in [2.75, 3.05) is 0 Å². The predicted octanol–water partition coefficient (Wildman–Crippen LogP) is 8.74. The summed E-state index contributed by atoms with van der Waals surface area (Å²) in [5.41, 5.74) is 2.09. The monoisotopic (exact) mass is 661 g/mol. The number of aromatic nitrogens is 2. The van der Waals surface area contributed by atoms with E-state index < -0.39 is 0 Å². The van der Waals surface area contributed by atoms with Crippen LogP contribution in [0.1, 0.15) is 55.0 Å². The zero-order valence-electron chi connectivity index (χ0n) is 19.8. The molecular weight excluding hydrogens is 641 g/mol. The Hall–Kier alpha value is -2.19. The van der Waals surface area contributed by atoms with Gasteiger partial charge in [-0.25, -0.2) is 4.98 Å². The van der Waals surface area contributed by atoms with Crippen molar-refractivity contribution in [1.29, 1.82) is 0 Å². The molecule has 0 N–H and O–H groups in total. The summed E-state index contributed by atoms with van der Waals surface area (Å²) in [6.07, 6.45) is 7.03. The first-order valence-corrected chi connectivity index (χ1v) is 14.4. The van der Waals surface area contributed by atoms with Crippen molar-refractivity contribution in [2.45, 2.75) is 44.6 Å². The Morgan fingerprint density at radius 2 is 1.76 bits per heavy atom. The highest BCUT2D eigenvalue weighted by atomic mass is 79.9. The lowest BCUT2D eigenvalue weighted by molar-refractivity contribution is 0.304. The summed E-state index contributed by atoms with van der Waals surface area (Å²) in [7, 11) is 0. The van der Waals surface area contributed by atoms with E-state index in [9.17, 15) is 4.79 Å². The highest BCUT2D eigenvalue weighted by Crippen LogP contribution is 2.34. The van der Waals surface area contributed by atoms with Gasteiger partial charge in [-0.05, 0) is 76.8 Å². The normalized spacial score (nSPS) is 14.5. The van der Waals surface area contributed by atoms with Gasteiger partial charge in [0.15, 0.2) is 0 Å². The molecule has 0 atom stereocenters. The number of hydrogen-bond donors (Lipinski definition) is 0. The smallest absolute Gasteiger partial charge is 0.282 e. The van der Waals surface area contributed by atoms with Crippen LogP contribution in [0.25, 0.3) is 10.9 Å². The van der Waals surface area contributed by atoms with Gasteiger partial charge < -0.3 is 4.74 Å². The Kier molecular flexibility index (Phi) is 8.34.